The lowest BCUT2D eigenvalue weighted by atomic mass is 9.75. The minimum atomic E-state index is -0.757. The molecule has 238 valence electrons. The van der Waals surface area contributed by atoms with Crippen LogP contribution in [0.3, 0.4) is 0 Å². The van der Waals surface area contributed by atoms with Gasteiger partial charge in [-0.2, -0.15) is 0 Å². The number of rotatable bonds is 10. The van der Waals surface area contributed by atoms with E-state index in [4.69, 9.17) is 0 Å². The normalized spacial score (nSPS) is 17.3. The Kier molecular flexibility index (Phi) is 10.7. The van der Waals surface area contributed by atoms with Crippen LogP contribution in [0.4, 0.5) is 0 Å². The van der Waals surface area contributed by atoms with Crippen LogP contribution < -0.4 is 16.0 Å². The van der Waals surface area contributed by atoms with Crippen molar-refractivity contribution >= 4 is 17.7 Å². The molecule has 6 heteroatoms. The number of aryl methyl sites for hydroxylation is 1. The maximum atomic E-state index is 13.6. The summed E-state index contributed by atoms with van der Waals surface area (Å²) in [4.78, 5) is 40.2. The third kappa shape index (κ3) is 8.50. The van der Waals surface area contributed by atoms with Gasteiger partial charge in [-0.05, 0) is 71.4 Å². The molecule has 2 atom stereocenters. The summed E-state index contributed by atoms with van der Waals surface area (Å²) in [5, 5.41) is 9.14. The summed E-state index contributed by atoms with van der Waals surface area (Å²) in [6, 6.07) is 22.9. The summed E-state index contributed by atoms with van der Waals surface area (Å²) in [5.41, 5.74) is 6.19. The first-order chi connectivity index (χ1) is 21.3. The van der Waals surface area contributed by atoms with Crippen molar-refractivity contribution in [2.75, 3.05) is 13.1 Å². The molecule has 4 rings (SSSR count). The highest BCUT2D eigenvalue weighted by Gasteiger charge is 2.37. The first kappa shape index (κ1) is 33.7. The molecule has 6 nitrogen and oxygen atoms in total. The topological polar surface area (TPSA) is 87.3 Å². The molecular weight excluding hydrogens is 558 g/mol. The van der Waals surface area contributed by atoms with Gasteiger partial charge in [-0.15, -0.1) is 0 Å². The summed E-state index contributed by atoms with van der Waals surface area (Å²) >= 11 is 0. The zero-order valence-corrected chi connectivity index (χ0v) is 27.9. The highest BCUT2D eigenvalue weighted by molar-refractivity contribution is 6.01. The Morgan fingerprint density at radius 1 is 0.889 bits per heavy atom. The molecular formula is C39H49N3O3. The number of hydrogen-bond donors (Lipinski definition) is 3. The van der Waals surface area contributed by atoms with Crippen molar-refractivity contribution in [2.24, 2.45) is 11.3 Å². The van der Waals surface area contributed by atoms with Crippen molar-refractivity contribution in [3.05, 3.63) is 107 Å². The van der Waals surface area contributed by atoms with Gasteiger partial charge in [0.25, 0.3) is 5.91 Å². The van der Waals surface area contributed by atoms with Crippen LogP contribution in [-0.2, 0) is 15.0 Å². The molecule has 0 radical (unpaired) electrons. The van der Waals surface area contributed by atoms with Gasteiger partial charge < -0.3 is 16.0 Å². The maximum absolute atomic E-state index is 13.6. The molecule has 0 aliphatic heterocycles. The first-order valence-corrected chi connectivity index (χ1v) is 16.1. The monoisotopic (exact) mass is 607 g/mol. The molecule has 0 saturated heterocycles. The van der Waals surface area contributed by atoms with E-state index in [1.165, 1.54) is 5.56 Å². The van der Waals surface area contributed by atoms with E-state index in [9.17, 15) is 14.4 Å². The van der Waals surface area contributed by atoms with Gasteiger partial charge in [-0.25, -0.2) is 0 Å². The van der Waals surface area contributed by atoms with Gasteiger partial charge in [0.1, 0.15) is 6.04 Å². The van der Waals surface area contributed by atoms with Crippen LogP contribution >= 0.6 is 0 Å². The van der Waals surface area contributed by atoms with Gasteiger partial charge in [0.2, 0.25) is 11.8 Å². The van der Waals surface area contributed by atoms with Crippen molar-refractivity contribution in [1.29, 1.82) is 0 Å². The Balaban J connectivity index is 1.42. The van der Waals surface area contributed by atoms with Gasteiger partial charge in [0.05, 0.1) is 5.41 Å². The van der Waals surface area contributed by atoms with Crippen molar-refractivity contribution in [3.8, 4) is 11.1 Å². The van der Waals surface area contributed by atoms with Crippen LogP contribution in [0.1, 0.15) is 93.9 Å². The fourth-order valence-corrected chi connectivity index (χ4v) is 5.70. The summed E-state index contributed by atoms with van der Waals surface area (Å²) in [6.45, 7) is 15.6. The smallest absolute Gasteiger partial charge is 0.252 e. The molecule has 0 aromatic heterocycles. The lowest BCUT2D eigenvalue weighted by Gasteiger charge is -2.33. The van der Waals surface area contributed by atoms with E-state index in [0.29, 0.717) is 43.8 Å². The van der Waals surface area contributed by atoms with E-state index in [1.54, 1.807) is 0 Å². The number of allylic oxidation sites excluding steroid dienone is 1. The number of hydrogen-bond acceptors (Lipinski definition) is 3. The molecule has 45 heavy (non-hydrogen) atoms. The fraction of sp³-hybridized carbons (Fsp3) is 0.410. The van der Waals surface area contributed by atoms with Gasteiger partial charge in [-0.3, -0.25) is 14.4 Å². The molecule has 0 fully saturated rings. The van der Waals surface area contributed by atoms with Gasteiger partial charge in [0, 0.05) is 18.7 Å². The molecule has 1 aliphatic carbocycles. The van der Waals surface area contributed by atoms with E-state index in [2.05, 4.69) is 67.1 Å². The molecule has 0 saturated carbocycles. The molecule has 0 bridgehead atoms. The highest BCUT2D eigenvalue weighted by Crippen LogP contribution is 2.36. The molecule has 1 aliphatic rings. The first-order valence-electron chi connectivity index (χ1n) is 16.1. The van der Waals surface area contributed by atoms with E-state index in [-0.39, 0.29) is 23.1 Å². The zero-order valence-electron chi connectivity index (χ0n) is 27.9. The Labute approximate surface area is 269 Å². The second-order valence-electron chi connectivity index (χ2n) is 14.1. The van der Waals surface area contributed by atoms with Crippen LogP contribution in [-0.4, -0.2) is 30.8 Å². The minimum Gasteiger partial charge on any atom is -0.354 e. The summed E-state index contributed by atoms with van der Waals surface area (Å²) in [5.74, 6) is -0.156. The average molecular weight is 608 g/mol. The predicted molar refractivity (Wildman–Crippen MR) is 183 cm³/mol. The number of amides is 3. The molecule has 1 unspecified atom stereocenters. The second kappa shape index (κ2) is 14.3. The Morgan fingerprint density at radius 2 is 1.58 bits per heavy atom. The van der Waals surface area contributed by atoms with Gasteiger partial charge in [-0.1, -0.05) is 120 Å². The van der Waals surface area contributed by atoms with E-state index < -0.39 is 11.5 Å². The molecule has 3 aromatic carbocycles. The van der Waals surface area contributed by atoms with Crippen LogP contribution in [0.5, 0.6) is 0 Å². The third-order valence-electron chi connectivity index (χ3n) is 8.78. The Morgan fingerprint density at radius 3 is 2.18 bits per heavy atom. The molecule has 3 amide bonds. The van der Waals surface area contributed by atoms with Gasteiger partial charge in [0.15, 0.2) is 0 Å². The number of carbonyl (C=O) groups is 3. The van der Waals surface area contributed by atoms with E-state index in [1.807, 2.05) is 76.2 Å². The maximum Gasteiger partial charge on any atom is 0.252 e. The standard InChI is InChI=1S/C39H49N3O3/c1-26(2)24-40-36(44)34(30-13-9-8-10-14-30)42-37(45)39(7)22-20-28(21-23-39)25-41-35(43)32-15-11-12-27(3)33(32)29-16-18-31(19-17-29)38(4,5)6/h8-20,26,34H,21-25H2,1-7H3,(H,40,44)(H,41,43)(H,42,45)/t34-,39?/m0/s1. The van der Waals surface area contributed by atoms with Crippen molar-refractivity contribution in [3.63, 3.8) is 0 Å². The molecule has 3 aromatic rings. The largest absolute Gasteiger partial charge is 0.354 e. The number of nitrogens with one attached hydrogen (secondary N) is 3. The zero-order chi connectivity index (χ0) is 32.8. The fourth-order valence-electron chi connectivity index (χ4n) is 5.70. The predicted octanol–water partition coefficient (Wildman–Crippen LogP) is 7.44. The van der Waals surface area contributed by atoms with Crippen LogP contribution in [0.2, 0.25) is 0 Å². The Hall–Kier alpha value is -4.19. The average Bonchev–Trinajstić information content (AvgIpc) is 3.02. The van der Waals surface area contributed by atoms with Gasteiger partial charge >= 0.3 is 0 Å². The number of carbonyl (C=O) groups excluding carboxylic acids is 3. The highest BCUT2D eigenvalue weighted by atomic mass is 16.2. The minimum absolute atomic E-state index is 0.0562. The third-order valence-corrected chi connectivity index (χ3v) is 8.78. The lowest BCUT2D eigenvalue weighted by molar-refractivity contribution is -0.135. The summed E-state index contributed by atoms with van der Waals surface area (Å²) in [6.07, 6.45) is 3.93. The SMILES string of the molecule is Cc1cccc(C(=O)NCC2=CCC(C)(C(=O)N[C@H](C(=O)NCC(C)C)c3ccccc3)CC2)c1-c1ccc(C(C)(C)C)cc1. The van der Waals surface area contributed by atoms with Crippen LogP contribution in [0.25, 0.3) is 11.1 Å². The van der Waals surface area contributed by atoms with Crippen molar-refractivity contribution in [1.82, 2.24) is 16.0 Å². The summed E-state index contributed by atoms with van der Waals surface area (Å²) in [7, 11) is 0. The molecule has 3 N–H and O–H groups in total. The van der Waals surface area contributed by atoms with Crippen LogP contribution in [0.15, 0.2) is 84.4 Å². The Bertz CT molecular complexity index is 1530. The molecule has 0 spiro atoms. The number of benzene rings is 3. The second-order valence-corrected chi connectivity index (χ2v) is 14.1. The van der Waals surface area contributed by atoms with Crippen LogP contribution in [0, 0.1) is 18.3 Å². The molecule has 0 heterocycles. The summed E-state index contributed by atoms with van der Waals surface area (Å²) < 4.78 is 0. The van der Waals surface area contributed by atoms with E-state index >= 15 is 0 Å². The lowest BCUT2D eigenvalue weighted by Crippen LogP contribution is -2.47. The van der Waals surface area contributed by atoms with E-state index in [0.717, 1.165) is 27.8 Å². The van der Waals surface area contributed by atoms with Crippen molar-refractivity contribution < 1.29 is 14.4 Å². The van der Waals surface area contributed by atoms with Crippen molar-refractivity contribution in [2.45, 2.75) is 79.2 Å². The quantitative estimate of drug-likeness (QED) is 0.210.